The third-order valence-corrected chi connectivity index (χ3v) is 8.19. The molecule has 3 saturated carbocycles. The van der Waals surface area contributed by atoms with Gasteiger partial charge >= 0.3 is 11.9 Å². The van der Waals surface area contributed by atoms with E-state index in [9.17, 15) is 19.8 Å². The number of carboxylic acids is 2. The molecule has 4 unspecified atom stereocenters. The highest BCUT2D eigenvalue weighted by Crippen LogP contribution is 2.73. The van der Waals surface area contributed by atoms with Gasteiger partial charge in [0, 0.05) is 5.41 Å². The number of carboxylic acid groups (broad SMARTS) is 2. The lowest BCUT2D eigenvalue weighted by molar-refractivity contribution is -0.198. The van der Waals surface area contributed by atoms with Crippen LogP contribution in [0, 0.1) is 22.7 Å². The SMILES string of the molecule is O=C(O)C1(C(=O)O)C2OC2C2OC2C1(C1CCCCC1)C1CCCCC1. The molecular formula is C20H28O6. The molecule has 5 aliphatic rings. The van der Waals surface area contributed by atoms with Crippen molar-refractivity contribution in [2.24, 2.45) is 22.7 Å². The van der Waals surface area contributed by atoms with Crippen LogP contribution in [0.5, 0.6) is 0 Å². The molecule has 2 aliphatic heterocycles. The summed E-state index contributed by atoms with van der Waals surface area (Å²) in [5.41, 5.74) is -2.69. The van der Waals surface area contributed by atoms with E-state index in [4.69, 9.17) is 9.47 Å². The van der Waals surface area contributed by atoms with E-state index in [1.54, 1.807) is 0 Å². The molecule has 0 aromatic rings. The number of aliphatic carboxylic acids is 2. The fourth-order valence-electron chi connectivity index (χ4n) is 7.26. The van der Waals surface area contributed by atoms with Gasteiger partial charge in [0.2, 0.25) is 5.41 Å². The second kappa shape index (κ2) is 5.68. The number of rotatable bonds is 4. The maximum atomic E-state index is 12.7. The van der Waals surface area contributed by atoms with Crippen LogP contribution in [0.1, 0.15) is 64.2 Å². The lowest BCUT2D eigenvalue weighted by Gasteiger charge is -2.56. The lowest BCUT2D eigenvalue weighted by atomic mass is 9.43. The molecule has 5 fully saturated rings. The zero-order chi connectivity index (χ0) is 18.1. The van der Waals surface area contributed by atoms with E-state index < -0.39 is 28.9 Å². The average Bonchev–Trinajstić information content (AvgIpc) is 3.53. The highest BCUT2D eigenvalue weighted by atomic mass is 16.7. The van der Waals surface area contributed by atoms with Gasteiger partial charge < -0.3 is 19.7 Å². The first kappa shape index (κ1) is 17.0. The monoisotopic (exact) mass is 364 g/mol. The molecule has 0 amide bonds. The van der Waals surface area contributed by atoms with Crippen LogP contribution in [0.15, 0.2) is 0 Å². The van der Waals surface area contributed by atoms with Gasteiger partial charge in [-0.05, 0) is 37.5 Å². The average molecular weight is 364 g/mol. The number of fused-ring (bicyclic) bond motifs is 3. The van der Waals surface area contributed by atoms with Gasteiger partial charge in [-0.1, -0.05) is 38.5 Å². The topological polar surface area (TPSA) is 99.7 Å². The van der Waals surface area contributed by atoms with Crippen molar-refractivity contribution in [1.82, 2.24) is 0 Å². The maximum Gasteiger partial charge on any atom is 0.324 e. The smallest absolute Gasteiger partial charge is 0.324 e. The Morgan fingerprint density at radius 1 is 0.692 bits per heavy atom. The maximum absolute atomic E-state index is 12.7. The first-order chi connectivity index (χ1) is 12.6. The largest absolute Gasteiger partial charge is 0.480 e. The number of carbonyl (C=O) groups is 2. The second-order valence-corrected chi connectivity index (χ2v) is 9.06. The number of epoxide rings is 2. The zero-order valence-corrected chi connectivity index (χ0v) is 15.1. The van der Waals surface area contributed by atoms with Gasteiger partial charge in [-0.25, -0.2) is 0 Å². The summed E-state index contributed by atoms with van der Waals surface area (Å²) < 4.78 is 11.8. The normalized spacial score (nSPS) is 40.9. The molecule has 6 nitrogen and oxygen atoms in total. The Bertz CT molecular complexity index is 586. The quantitative estimate of drug-likeness (QED) is 0.588. The predicted octanol–water partition coefficient (Wildman–Crippen LogP) is 2.84. The van der Waals surface area contributed by atoms with Crippen molar-refractivity contribution >= 4 is 11.9 Å². The van der Waals surface area contributed by atoms with Gasteiger partial charge in [-0.2, -0.15) is 0 Å². The van der Waals surface area contributed by atoms with Crippen molar-refractivity contribution in [3.63, 3.8) is 0 Å². The first-order valence-corrected chi connectivity index (χ1v) is 10.3. The van der Waals surface area contributed by atoms with Crippen LogP contribution in [0.25, 0.3) is 0 Å². The van der Waals surface area contributed by atoms with E-state index in [0.29, 0.717) is 0 Å². The molecule has 0 bridgehead atoms. The number of hydrogen-bond donors (Lipinski definition) is 2. The first-order valence-electron chi connectivity index (χ1n) is 10.3. The highest BCUT2D eigenvalue weighted by molar-refractivity contribution is 6.01. The highest BCUT2D eigenvalue weighted by Gasteiger charge is 2.88. The van der Waals surface area contributed by atoms with Gasteiger partial charge in [0.1, 0.15) is 18.3 Å². The second-order valence-electron chi connectivity index (χ2n) is 9.06. The Hall–Kier alpha value is -1.14. The molecule has 3 aliphatic carbocycles. The summed E-state index contributed by atoms with van der Waals surface area (Å²) in [6.07, 6.45) is 8.79. The molecule has 2 heterocycles. The summed E-state index contributed by atoms with van der Waals surface area (Å²) in [6, 6.07) is 0. The van der Waals surface area contributed by atoms with E-state index in [0.717, 1.165) is 64.2 Å². The minimum absolute atomic E-state index is 0.0873. The lowest BCUT2D eigenvalue weighted by Crippen LogP contribution is -2.68. The molecule has 6 heteroatoms. The van der Waals surface area contributed by atoms with Gasteiger partial charge in [-0.15, -0.1) is 0 Å². The van der Waals surface area contributed by atoms with Crippen LogP contribution in [-0.4, -0.2) is 46.6 Å². The molecule has 0 radical (unpaired) electrons. The standard InChI is InChI=1S/C20H28O6/c21-17(22)20(18(23)24)16-14(26-16)13-15(25-13)19(20,11-7-3-1-4-8-11)12-9-5-2-6-10-12/h11-16H,1-10H2,(H,21,22)(H,23,24). The molecular weight excluding hydrogens is 336 g/mol. The molecule has 0 aromatic heterocycles. The van der Waals surface area contributed by atoms with E-state index >= 15 is 0 Å². The molecule has 2 N–H and O–H groups in total. The summed E-state index contributed by atoms with van der Waals surface area (Å²) in [5, 5.41) is 20.7. The van der Waals surface area contributed by atoms with Crippen LogP contribution < -0.4 is 0 Å². The minimum atomic E-state index is -1.86. The fourth-order valence-corrected chi connectivity index (χ4v) is 7.26. The fraction of sp³-hybridized carbons (Fsp3) is 0.900. The molecule has 0 spiro atoms. The van der Waals surface area contributed by atoms with Crippen LogP contribution in [0.3, 0.4) is 0 Å². The Labute approximate surface area is 153 Å². The summed E-state index contributed by atoms with van der Waals surface area (Å²) in [5.74, 6) is -2.21. The summed E-state index contributed by atoms with van der Waals surface area (Å²) in [6.45, 7) is 0. The van der Waals surface area contributed by atoms with Gasteiger partial charge in [-0.3, -0.25) is 9.59 Å². The minimum Gasteiger partial charge on any atom is -0.480 e. The van der Waals surface area contributed by atoms with Crippen LogP contribution in [0.4, 0.5) is 0 Å². The van der Waals surface area contributed by atoms with Crippen molar-refractivity contribution in [3.8, 4) is 0 Å². The molecule has 4 atom stereocenters. The summed E-state index contributed by atoms with van der Waals surface area (Å²) in [7, 11) is 0. The Kier molecular flexibility index (Phi) is 3.71. The van der Waals surface area contributed by atoms with E-state index in [-0.39, 0.29) is 30.1 Å². The Morgan fingerprint density at radius 2 is 1.12 bits per heavy atom. The molecule has 26 heavy (non-hydrogen) atoms. The van der Waals surface area contributed by atoms with Gasteiger partial charge in [0.15, 0.2) is 0 Å². The molecule has 144 valence electrons. The number of hydrogen-bond acceptors (Lipinski definition) is 4. The van der Waals surface area contributed by atoms with E-state index in [1.165, 1.54) is 0 Å². The molecule has 2 saturated heterocycles. The Balaban J connectivity index is 1.71. The van der Waals surface area contributed by atoms with Crippen molar-refractivity contribution in [2.75, 3.05) is 0 Å². The van der Waals surface area contributed by atoms with Crippen molar-refractivity contribution < 1.29 is 29.3 Å². The predicted molar refractivity (Wildman–Crippen MR) is 90.6 cm³/mol. The number of ether oxygens (including phenoxy) is 2. The third-order valence-electron chi connectivity index (χ3n) is 8.19. The van der Waals surface area contributed by atoms with Gasteiger partial charge in [0.05, 0.1) is 6.10 Å². The van der Waals surface area contributed by atoms with E-state index in [2.05, 4.69) is 0 Å². The molecule has 0 aromatic carbocycles. The van der Waals surface area contributed by atoms with Crippen molar-refractivity contribution in [2.45, 2.75) is 88.6 Å². The van der Waals surface area contributed by atoms with Crippen LogP contribution in [0.2, 0.25) is 0 Å². The third kappa shape index (κ3) is 1.90. The van der Waals surface area contributed by atoms with E-state index in [1.807, 2.05) is 0 Å². The van der Waals surface area contributed by atoms with Gasteiger partial charge in [0.25, 0.3) is 0 Å². The van der Waals surface area contributed by atoms with Crippen molar-refractivity contribution in [1.29, 1.82) is 0 Å². The Morgan fingerprint density at radius 3 is 1.58 bits per heavy atom. The summed E-state index contributed by atoms with van der Waals surface area (Å²) in [4.78, 5) is 25.4. The van der Waals surface area contributed by atoms with Crippen LogP contribution >= 0.6 is 0 Å². The van der Waals surface area contributed by atoms with Crippen LogP contribution in [-0.2, 0) is 19.1 Å². The van der Waals surface area contributed by atoms with Crippen molar-refractivity contribution in [3.05, 3.63) is 0 Å². The zero-order valence-electron chi connectivity index (χ0n) is 15.1. The molecule has 5 rings (SSSR count). The summed E-state index contributed by atoms with van der Waals surface area (Å²) >= 11 is 0.